The SMILES string of the molecule is CC[C@H](C(=O)C(=O)NCc1ccccc1)C(CC(=O)N1CCOCC1)(CS(=O)(=O)Cc1ccccc1)C(N)=O. The van der Waals surface area contributed by atoms with E-state index in [9.17, 15) is 27.6 Å². The number of carbonyl (C=O) groups excluding carboxylic acids is 4. The number of amides is 3. The molecule has 2 aromatic carbocycles. The summed E-state index contributed by atoms with van der Waals surface area (Å²) in [5.41, 5.74) is 4.95. The van der Waals surface area contributed by atoms with Gasteiger partial charge in [0.15, 0.2) is 9.84 Å². The number of ether oxygens (including phenoxy) is 1. The molecule has 0 saturated carbocycles. The maximum atomic E-state index is 13.5. The van der Waals surface area contributed by atoms with Gasteiger partial charge in [-0.3, -0.25) is 19.2 Å². The second-order valence-corrected chi connectivity index (χ2v) is 11.8. The van der Waals surface area contributed by atoms with Crippen LogP contribution in [0, 0.1) is 11.3 Å². The van der Waals surface area contributed by atoms with Gasteiger partial charge in [0.25, 0.3) is 5.91 Å². The van der Waals surface area contributed by atoms with Gasteiger partial charge in [-0.25, -0.2) is 8.42 Å². The molecule has 1 aliphatic rings. The Kier molecular flexibility index (Phi) is 10.4. The Labute approximate surface area is 228 Å². The molecule has 2 aromatic rings. The van der Waals surface area contributed by atoms with E-state index in [1.807, 2.05) is 6.07 Å². The predicted molar refractivity (Wildman–Crippen MR) is 145 cm³/mol. The predicted octanol–water partition coefficient (Wildman–Crippen LogP) is 1.23. The van der Waals surface area contributed by atoms with Gasteiger partial charge in [0.05, 0.1) is 30.1 Å². The van der Waals surface area contributed by atoms with Gasteiger partial charge in [-0.15, -0.1) is 0 Å². The number of carbonyl (C=O) groups is 4. The molecule has 0 bridgehead atoms. The molecule has 11 heteroatoms. The number of morpholine rings is 1. The van der Waals surface area contributed by atoms with Gasteiger partial charge in [0.2, 0.25) is 17.6 Å². The van der Waals surface area contributed by atoms with Gasteiger partial charge in [-0.05, 0) is 17.5 Å². The molecule has 1 aliphatic heterocycles. The Balaban J connectivity index is 1.95. The van der Waals surface area contributed by atoms with E-state index in [1.165, 1.54) is 4.90 Å². The second-order valence-electron chi connectivity index (χ2n) is 9.70. The lowest BCUT2D eigenvalue weighted by atomic mass is 9.69. The number of nitrogens with zero attached hydrogens (tertiary/aromatic N) is 1. The quantitative estimate of drug-likeness (QED) is 0.351. The lowest BCUT2D eigenvalue weighted by Gasteiger charge is -2.38. The molecular weight excluding hydrogens is 522 g/mol. The maximum Gasteiger partial charge on any atom is 0.287 e. The summed E-state index contributed by atoms with van der Waals surface area (Å²) >= 11 is 0. The van der Waals surface area contributed by atoms with E-state index >= 15 is 0 Å². The highest BCUT2D eigenvalue weighted by atomic mass is 32.2. The molecule has 3 amide bonds. The summed E-state index contributed by atoms with van der Waals surface area (Å²) in [5.74, 6) is -6.30. The van der Waals surface area contributed by atoms with E-state index in [4.69, 9.17) is 10.5 Å². The Morgan fingerprint density at radius 1 is 0.974 bits per heavy atom. The summed E-state index contributed by atoms with van der Waals surface area (Å²) in [4.78, 5) is 54.4. The number of ketones is 1. The maximum absolute atomic E-state index is 13.5. The smallest absolute Gasteiger partial charge is 0.287 e. The number of hydrogen-bond acceptors (Lipinski definition) is 7. The van der Waals surface area contributed by atoms with Crippen LogP contribution in [0.3, 0.4) is 0 Å². The summed E-state index contributed by atoms with van der Waals surface area (Å²) in [5, 5.41) is 2.54. The second kappa shape index (κ2) is 13.5. The number of nitrogens with one attached hydrogen (secondary N) is 1. The molecule has 0 aliphatic carbocycles. The molecule has 3 rings (SSSR count). The fraction of sp³-hybridized carbons (Fsp3) is 0.429. The number of nitrogens with two attached hydrogens (primary N) is 1. The molecule has 0 radical (unpaired) electrons. The Bertz CT molecular complexity index is 1260. The van der Waals surface area contributed by atoms with Crippen LogP contribution in [0.5, 0.6) is 0 Å². The van der Waals surface area contributed by atoms with Crippen molar-refractivity contribution in [1.82, 2.24) is 10.2 Å². The average molecular weight is 558 g/mol. The highest BCUT2D eigenvalue weighted by Gasteiger charge is 2.53. The zero-order chi connectivity index (χ0) is 28.5. The molecule has 1 heterocycles. The lowest BCUT2D eigenvalue weighted by molar-refractivity contribution is -0.150. The zero-order valence-electron chi connectivity index (χ0n) is 22.0. The van der Waals surface area contributed by atoms with Crippen molar-refractivity contribution in [2.45, 2.75) is 32.1 Å². The monoisotopic (exact) mass is 557 g/mol. The molecular formula is C28H35N3O7S. The van der Waals surface area contributed by atoms with Crippen LogP contribution in [0.15, 0.2) is 60.7 Å². The third-order valence-electron chi connectivity index (χ3n) is 6.94. The van der Waals surface area contributed by atoms with Crippen LogP contribution in [0.4, 0.5) is 0 Å². The summed E-state index contributed by atoms with van der Waals surface area (Å²) in [6.45, 7) is 2.72. The Morgan fingerprint density at radius 3 is 2.08 bits per heavy atom. The first-order chi connectivity index (χ1) is 18.6. The van der Waals surface area contributed by atoms with Gasteiger partial charge in [-0.1, -0.05) is 67.6 Å². The van der Waals surface area contributed by atoms with Crippen molar-refractivity contribution in [1.29, 1.82) is 0 Å². The normalized spacial score (nSPS) is 16.1. The highest BCUT2D eigenvalue weighted by Crippen LogP contribution is 2.38. The first-order valence-corrected chi connectivity index (χ1v) is 14.7. The molecule has 0 spiro atoms. The van der Waals surface area contributed by atoms with Crippen LogP contribution in [-0.4, -0.2) is 68.9 Å². The van der Waals surface area contributed by atoms with Crippen molar-refractivity contribution in [3.8, 4) is 0 Å². The van der Waals surface area contributed by atoms with Crippen molar-refractivity contribution < 1.29 is 32.3 Å². The molecule has 1 fully saturated rings. The first-order valence-electron chi connectivity index (χ1n) is 12.8. The number of primary amides is 1. The molecule has 210 valence electrons. The molecule has 10 nitrogen and oxygen atoms in total. The van der Waals surface area contributed by atoms with Gasteiger partial charge in [0.1, 0.15) is 0 Å². The lowest BCUT2D eigenvalue weighted by Crippen LogP contribution is -2.56. The molecule has 1 unspecified atom stereocenters. The topological polar surface area (TPSA) is 153 Å². The van der Waals surface area contributed by atoms with Crippen LogP contribution < -0.4 is 11.1 Å². The van der Waals surface area contributed by atoms with Gasteiger partial charge < -0.3 is 20.7 Å². The van der Waals surface area contributed by atoms with E-state index in [0.29, 0.717) is 18.8 Å². The summed E-state index contributed by atoms with van der Waals surface area (Å²) in [7, 11) is -4.06. The number of hydrogen-bond donors (Lipinski definition) is 2. The number of Topliss-reactive ketones (excluding diaryl/α,β-unsaturated/α-hetero) is 1. The van der Waals surface area contributed by atoms with Crippen LogP contribution in [0.25, 0.3) is 0 Å². The van der Waals surface area contributed by atoms with Gasteiger partial charge >= 0.3 is 0 Å². The molecule has 1 saturated heterocycles. The molecule has 3 N–H and O–H groups in total. The van der Waals surface area contributed by atoms with Crippen molar-refractivity contribution in [3.05, 3.63) is 71.8 Å². The average Bonchev–Trinajstić information content (AvgIpc) is 2.92. The summed E-state index contributed by atoms with van der Waals surface area (Å²) < 4.78 is 32.2. The molecule has 39 heavy (non-hydrogen) atoms. The third kappa shape index (κ3) is 7.96. The fourth-order valence-electron chi connectivity index (χ4n) is 4.92. The van der Waals surface area contributed by atoms with Crippen molar-refractivity contribution in [2.24, 2.45) is 17.1 Å². The molecule has 0 aromatic heterocycles. The van der Waals surface area contributed by atoms with Crippen molar-refractivity contribution in [2.75, 3.05) is 32.1 Å². The van der Waals surface area contributed by atoms with E-state index in [-0.39, 0.29) is 26.1 Å². The summed E-state index contributed by atoms with van der Waals surface area (Å²) in [6, 6.07) is 17.3. The Morgan fingerprint density at radius 2 is 1.54 bits per heavy atom. The van der Waals surface area contributed by atoms with E-state index in [0.717, 1.165) is 5.56 Å². The minimum absolute atomic E-state index is 0.0600. The zero-order valence-corrected chi connectivity index (χ0v) is 22.8. The molecule has 2 atom stereocenters. The number of sulfone groups is 1. The van der Waals surface area contributed by atoms with Crippen molar-refractivity contribution in [3.63, 3.8) is 0 Å². The van der Waals surface area contributed by atoms with E-state index < -0.39 is 62.6 Å². The first kappa shape index (κ1) is 30.0. The minimum atomic E-state index is -4.06. The summed E-state index contributed by atoms with van der Waals surface area (Å²) in [6.07, 6.45) is -0.690. The van der Waals surface area contributed by atoms with E-state index in [2.05, 4.69) is 5.32 Å². The highest BCUT2D eigenvalue weighted by molar-refractivity contribution is 7.90. The third-order valence-corrected chi connectivity index (χ3v) is 8.67. The van der Waals surface area contributed by atoms with Gasteiger partial charge in [0, 0.05) is 32.0 Å². The van der Waals surface area contributed by atoms with Crippen molar-refractivity contribution >= 4 is 33.3 Å². The minimum Gasteiger partial charge on any atom is -0.378 e. The standard InChI is InChI=1S/C28H35N3O7S/c1-2-23(25(33)26(34)30-18-21-9-5-3-6-10-21)28(27(29)35,17-24(32)31-13-15-38-16-14-31)20-39(36,37)19-22-11-7-4-8-12-22/h3-12,23H,2,13-20H2,1H3,(H2,29,35)(H,30,34)/t23-,28?/m1/s1. The van der Waals surface area contributed by atoms with Gasteiger partial charge in [-0.2, -0.15) is 0 Å². The largest absolute Gasteiger partial charge is 0.378 e. The number of rotatable bonds is 13. The van der Waals surface area contributed by atoms with E-state index in [1.54, 1.807) is 61.5 Å². The van der Waals surface area contributed by atoms with Crippen LogP contribution in [-0.2, 0) is 46.0 Å². The number of benzene rings is 2. The van der Waals surface area contributed by atoms with Crippen LogP contribution in [0.2, 0.25) is 0 Å². The Hall–Kier alpha value is -3.57. The van der Waals surface area contributed by atoms with Crippen LogP contribution in [0.1, 0.15) is 30.9 Å². The fourth-order valence-corrected chi connectivity index (χ4v) is 6.95. The van der Waals surface area contributed by atoms with Crippen LogP contribution >= 0.6 is 0 Å².